The first kappa shape index (κ1) is 17.2. The number of nitrogens with one attached hydrogen (secondary N) is 1. The third kappa shape index (κ3) is 6.06. The average Bonchev–Trinajstić information content (AvgIpc) is 2.40. The summed E-state index contributed by atoms with van der Waals surface area (Å²) in [6, 6.07) is 9.06. The van der Waals surface area contributed by atoms with Crippen LogP contribution in [0.1, 0.15) is 57.7 Å². The van der Waals surface area contributed by atoms with Crippen LogP contribution < -0.4 is 5.32 Å². The Morgan fingerprint density at radius 1 is 1.10 bits per heavy atom. The van der Waals surface area contributed by atoms with E-state index in [2.05, 4.69) is 64.2 Å². The minimum absolute atomic E-state index is 0.197. The molecule has 1 N–H and O–H groups in total. The predicted octanol–water partition coefficient (Wildman–Crippen LogP) is 4.49. The highest BCUT2D eigenvalue weighted by Gasteiger charge is 2.19. The maximum atomic E-state index is 6.03. The van der Waals surface area contributed by atoms with Crippen molar-refractivity contribution in [1.82, 2.24) is 5.32 Å². The highest BCUT2D eigenvalue weighted by atomic mass is 16.5. The van der Waals surface area contributed by atoms with Crippen LogP contribution in [-0.4, -0.2) is 19.3 Å². The maximum Gasteiger partial charge on any atom is 0.0741 e. The van der Waals surface area contributed by atoms with Crippen molar-refractivity contribution < 1.29 is 4.74 Å². The lowest BCUT2D eigenvalue weighted by Crippen LogP contribution is -2.33. The second-order valence-electron chi connectivity index (χ2n) is 6.10. The van der Waals surface area contributed by atoms with Gasteiger partial charge in [0.2, 0.25) is 0 Å². The Labute approximate surface area is 124 Å². The molecule has 20 heavy (non-hydrogen) atoms. The molecule has 0 saturated heterocycles. The molecular formula is C18H31NO. The van der Waals surface area contributed by atoms with E-state index in [9.17, 15) is 0 Å². The molecule has 0 aliphatic heterocycles. The van der Waals surface area contributed by atoms with Crippen LogP contribution in [0.25, 0.3) is 0 Å². The van der Waals surface area contributed by atoms with E-state index in [1.165, 1.54) is 11.1 Å². The number of benzene rings is 1. The fourth-order valence-electron chi connectivity index (χ4n) is 2.21. The molecule has 2 unspecified atom stereocenters. The minimum Gasteiger partial charge on any atom is -0.377 e. The van der Waals surface area contributed by atoms with Gasteiger partial charge in [-0.05, 0) is 44.7 Å². The molecule has 2 atom stereocenters. The van der Waals surface area contributed by atoms with Gasteiger partial charge in [0, 0.05) is 6.61 Å². The average molecular weight is 277 g/mol. The molecular weight excluding hydrogens is 246 g/mol. The van der Waals surface area contributed by atoms with Gasteiger partial charge in [-0.25, -0.2) is 0 Å². The summed E-state index contributed by atoms with van der Waals surface area (Å²) in [6.07, 6.45) is 2.46. The van der Waals surface area contributed by atoms with Crippen LogP contribution >= 0.6 is 0 Å². The highest BCUT2D eigenvalue weighted by molar-refractivity contribution is 5.24. The van der Waals surface area contributed by atoms with Crippen LogP contribution in [0.2, 0.25) is 0 Å². The van der Waals surface area contributed by atoms with Crippen molar-refractivity contribution in [2.75, 3.05) is 13.2 Å². The quantitative estimate of drug-likeness (QED) is 0.718. The fourth-order valence-corrected chi connectivity index (χ4v) is 2.21. The predicted molar refractivity (Wildman–Crippen MR) is 87.1 cm³/mol. The second kappa shape index (κ2) is 9.15. The van der Waals surface area contributed by atoms with Crippen molar-refractivity contribution in [1.29, 1.82) is 0 Å². The maximum absolute atomic E-state index is 6.03. The zero-order valence-corrected chi connectivity index (χ0v) is 13.8. The van der Waals surface area contributed by atoms with Gasteiger partial charge in [-0.15, -0.1) is 0 Å². The van der Waals surface area contributed by atoms with Gasteiger partial charge in [0.25, 0.3) is 0 Å². The van der Waals surface area contributed by atoms with Gasteiger partial charge >= 0.3 is 0 Å². The van der Waals surface area contributed by atoms with E-state index < -0.39 is 0 Å². The molecule has 0 spiro atoms. The van der Waals surface area contributed by atoms with Crippen LogP contribution in [-0.2, 0) is 4.74 Å². The summed E-state index contributed by atoms with van der Waals surface area (Å²) in [4.78, 5) is 0. The molecule has 1 rings (SSSR count). The van der Waals surface area contributed by atoms with Crippen molar-refractivity contribution in [2.24, 2.45) is 5.92 Å². The summed E-state index contributed by atoms with van der Waals surface area (Å²) in [5, 5.41) is 3.62. The summed E-state index contributed by atoms with van der Waals surface area (Å²) in [5.74, 6) is 0.698. The first-order valence-corrected chi connectivity index (χ1v) is 7.96. The number of ether oxygens (including phenoxy) is 1. The summed E-state index contributed by atoms with van der Waals surface area (Å²) in [5.41, 5.74) is 2.62. The fraction of sp³-hybridized carbons (Fsp3) is 0.667. The topological polar surface area (TPSA) is 21.3 Å². The SMILES string of the molecule is CCCNC(c1ccc(C)cc1)C(C)OCCC(C)C. The molecule has 0 heterocycles. The van der Waals surface area contributed by atoms with Gasteiger partial charge in [0.1, 0.15) is 0 Å². The largest absolute Gasteiger partial charge is 0.377 e. The van der Waals surface area contributed by atoms with E-state index >= 15 is 0 Å². The van der Waals surface area contributed by atoms with E-state index in [-0.39, 0.29) is 12.1 Å². The van der Waals surface area contributed by atoms with Gasteiger partial charge in [-0.2, -0.15) is 0 Å². The van der Waals surface area contributed by atoms with Crippen LogP contribution in [0.5, 0.6) is 0 Å². The zero-order chi connectivity index (χ0) is 15.0. The molecule has 0 fully saturated rings. The normalized spacial score (nSPS) is 14.5. The Kier molecular flexibility index (Phi) is 7.86. The molecule has 0 radical (unpaired) electrons. The van der Waals surface area contributed by atoms with Crippen molar-refractivity contribution in [3.8, 4) is 0 Å². The lowest BCUT2D eigenvalue weighted by Gasteiger charge is -2.26. The van der Waals surface area contributed by atoms with Crippen molar-refractivity contribution in [3.63, 3.8) is 0 Å². The summed E-state index contributed by atoms with van der Waals surface area (Å²) in [7, 11) is 0. The standard InChI is InChI=1S/C18H31NO/c1-6-12-19-18(16(5)20-13-11-14(2)3)17-9-7-15(4)8-10-17/h7-10,14,16,18-19H,6,11-13H2,1-5H3. The second-order valence-corrected chi connectivity index (χ2v) is 6.10. The molecule has 0 bridgehead atoms. The van der Waals surface area contributed by atoms with E-state index in [1.54, 1.807) is 0 Å². The molecule has 0 aliphatic rings. The molecule has 2 nitrogen and oxygen atoms in total. The van der Waals surface area contributed by atoms with Crippen LogP contribution in [0, 0.1) is 12.8 Å². The Balaban J connectivity index is 2.64. The summed E-state index contributed by atoms with van der Waals surface area (Å²) >= 11 is 0. The molecule has 0 amide bonds. The summed E-state index contributed by atoms with van der Waals surface area (Å²) in [6.45, 7) is 12.8. The monoisotopic (exact) mass is 277 g/mol. The lowest BCUT2D eigenvalue weighted by molar-refractivity contribution is 0.0325. The number of hydrogen-bond acceptors (Lipinski definition) is 2. The van der Waals surface area contributed by atoms with Gasteiger partial charge in [-0.1, -0.05) is 50.6 Å². The number of rotatable bonds is 9. The van der Waals surface area contributed by atoms with Crippen molar-refractivity contribution >= 4 is 0 Å². The smallest absolute Gasteiger partial charge is 0.0741 e. The van der Waals surface area contributed by atoms with Crippen molar-refractivity contribution in [3.05, 3.63) is 35.4 Å². The lowest BCUT2D eigenvalue weighted by atomic mass is 10.0. The molecule has 0 aliphatic carbocycles. The Morgan fingerprint density at radius 2 is 1.75 bits per heavy atom. The molecule has 0 saturated carbocycles. The number of aryl methyl sites for hydroxylation is 1. The first-order chi connectivity index (χ1) is 9.54. The van der Waals surface area contributed by atoms with E-state index in [4.69, 9.17) is 4.74 Å². The molecule has 0 aromatic heterocycles. The molecule has 114 valence electrons. The third-order valence-electron chi connectivity index (χ3n) is 3.60. The van der Waals surface area contributed by atoms with E-state index in [0.29, 0.717) is 5.92 Å². The van der Waals surface area contributed by atoms with Crippen LogP contribution in [0.4, 0.5) is 0 Å². The van der Waals surface area contributed by atoms with Gasteiger partial charge in [-0.3, -0.25) is 0 Å². The van der Waals surface area contributed by atoms with Crippen molar-refractivity contribution in [2.45, 2.75) is 59.6 Å². The Morgan fingerprint density at radius 3 is 2.30 bits per heavy atom. The highest BCUT2D eigenvalue weighted by Crippen LogP contribution is 2.20. The molecule has 1 aromatic rings. The van der Waals surface area contributed by atoms with Crippen LogP contribution in [0.3, 0.4) is 0 Å². The zero-order valence-electron chi connectivity index (χ0n) is 13.8. The third-order valence-corrected chi connectivity index (χ3v) is 3.60. The molecule has 1 aromatic carbocycles. The van der Waals surface area contributed by atoms with E-state index in [0.717, 1.165) is 26.0 Å². The van der Waals surface area contributed by atoms with Gasteiger partial charge in [0.15, 0.2) is 0 Å². The van der Waals surface area contributed by atoms with Gasteiger partial charge < -0.3 is 10.1 Å². The summed E-state index contributed by atoms with van der Waals surface area (Å²) < 4.78 is 6.03. The van der Waals surface area contributed by atoms with E-state index in [1.807, 2.05) is 0 Å². The first-order valence-electron chi connectivity index (χ1n) is 7.96. The number of hydrogen-bond donors (Lipinski definition) is 1. The molecule has 2 heteroatoms. The van der Waals surface area contributed by atoms with Crippen LogP contribution in [0.15, 0.2) is 24.3 Å². The van der Waals surface area contributed by atoms with Gasteiger partial charge in [0.05, 0.1) is 12.1 Å². The minimum atomic E-state index is 0.197. The Hall–Kier alpha value is -0.860. The Bertz CT molecular complexity index is 358.